The lowest BCUT2D eigenvalue weighted by Gasteiger charge is -2.51. The molecule has 0 aliphatic carbocycles. The highest BCUT2D eigenvalue weighted by molar-refractivity contribution is 6.24. The van der Waals surface area contributed by atoms with E-state index in [9.17, 15) is 38.7 Å². The number of hydrogen-bond acceptors (Lipinski definition) is 9. The van der Waals surface area contributed by atoms with Crippen LogP contribution in [0.2, 0.25) is 0 Å². The van der Waals surface area contributed by atoms with Crippen LogP contribution >= 0.6 is 0 Å². The van der Waals surface area contributed by atoms with Crippen LogP contribution in [0.3, 0.4) is 0 Å². The first-order valence-corrected chi connectivity index (χ1v) is 14.0. The summed E-state index contributed by atoms with van der Waals surface area (Å²) < 4.78 is 5.60. The number of aryl methyl sites for hydroxylation is 1. The maximum Gasteiger partial charge on any atom is 0.338 e. The molecular weight excluding hydrogens is 562 g/mol. The minimum Gasteiger partial charge on any atom is -0.478 e. The van der Waals surface area contributed by atoms with Crippen LogP contribution in [0.15, 0.2) is 18.2 Å². The number of rotatable bonds is 9. The van der Waals surface area contributed by atoms with E-state index in [1.807, 2.05) is 0 Å². The smallest absolute Gasteiger partial charge is 0.338 e. The minimum atomic E-state index is -2.56. The van der Waals surface area contributed by atoms with Gasteiger partial charge >= 0.3 is 5.97 Å². The van der Waals surface area contributed by atoms with E-state index in [0.717, 1.165) is 0 Å². The molecule has 2 fully saturated rings. The number of nitrogens with zero attached hydrogens (tertiary/aromatic N) is 2. The molecule has 2 aliphatic heterocycles. The van der Waals surface area contributed by atoms with Crippen molar-refractivity contribution in [3.63, 3.8) is 0 Å². The third kappa shape index (κ3) is 5.89. The Labute approximate surface area is 249 Å². The van der Waals surface area contributed by atoms with Crippen molar-refractivity contribution in [2.75, 3.05) is 19.0 Å². The first kappa shape index (κ1) is 33.3. The van der Waals surface area contributed by atoms with Gasteiger partial charge in [0.1, 0.15) is 17.7 Å². The van der Waals surface area contributed by atoms with Gasteiger partial charge in [-0.2, -0.15) is 0 Å². The lowest BCUT2D eigenvalue weighted by molar-refractivity contribution is -0.186. The highest BCUT2D eigenvalue weighted by Crippen LogP contribution is 2.41. The number of ketones is 1. The number of hydrogen-bond donors (Lipinski definition) is 4. The number of likely N-dealkylation sites (tertiary alicyclic amines) is 2. The maximum absolute atomic E-state index is 14.3. The summed E-state index contributed by atoms with van der Waals surface area (Å²) in [7, 11) is 1.22. The number of anilines is 1. The van der Waals surface area contributed by atoms with Crippen LogP contribution in [-0.2, 0) is 33.5 Å². The number of amides is 5. The number of benzene rings is 1. The van der Waals surface area contributed by atoms with Crippen LogP contribution in [0.4, 0.5) is 5.69 Å². The summed E-state index contributed by atoms with van der Waals surface area (Å²) in [6, 6.07) is 1.21. The van der Waals surface area contributed by atoms with Gasteiger partial charge in [0, 0.05) is 26.5 Å². The predicted octanol–water partition coefficient (Wildman–Crippen LogP) is 0.357. The molecule has 1 aromatic rings. The molecule has 0 bridgehead atoms. The number of carboxylic acid groups (broad SMARTS) is 1. The first-order chi connectivity index (χ1) is 20.0. The van der Waals surface area contributed by atoms with Crippen LogP contribution in [0.5, 0.6) is 0 Å². The summed E-state index contributed by atoms with van der Waals surface area (Å²) >= 11 is 0. The first-order valence-electron chi connectivity index (χ1n) is 14.0. The molecule has 43 heavy (non-hydrogen) atoms. The summed E-state index contributed by atoms with van der Waals surface area (Å²) in [6.07, 6.45) is -0.241. The zero-order chi connectivity index (χ0) is 32.4. The van der Waals surface area contributed by atoms with Crippen molar-refractivity contribution >= 4 is 47.0 Å². The normalized spacial score (nSPS) is 22.2. The molecule has 0 saturated carbocycles. The fourth-order valence-electron chi connectivity index (χ4n) is 5.73. The van der Waals surface area contributed by atoms with Gasteiger partial charge in [-0.25, -0.2) is 4.79 Å². The molecule has 4 atom stereocenters. The van der Waals surface area contributed by atoms with Crippen molar-refractivity contribution in [1.29, 1.82) is 0 Å². The Balaban J connectivity index is 2.12. The highest BCUT2D eigenvalue weighted by atomic mass is 16.5. The van der Waals surface area contributed by atoms with Crippen molar-refractivity contribution in [3.8, 4) is 0 Å². The number of imide groups is 1. The van der Waals surface area contributed by atoms with Gasteiger partial charge in [-0.15, -0.1) is 0 Å². The van der Waals surface area contributed by atoms with Crippen molar-refractivity contribution in [2.45, 2.75) is 89.6 Å². The third-order valence-electron chi connectivity index (χ3n) is 8.18. The number of carbonyl (C=O) groups excluding carboxylic acids is 6. The molecule has 3 rings (SSSR count). The van der Waals surface area contributed by atoms with E-state index in [1.165, 1.54) is 64.8 Å². The Morgan fingerprint density at radius 2 is 1.79 bits per heavy atom. The molecule has 1 aromatic carbocycles. The molecule has 14 heteroatoms. The van der Waals surface area contributed by atoms with Gasteiger partial charge < -0.3 is 31.1 Å². The quantitative estimate of drug-likeness (QED) is 0.226. The molecule has 234 valence electrons. The SMILES string of the molecule is COC(C)(C)[C@]1(C(=O)Nc2cccc(C)c2C(=O)O)C(=O)CCC(=O)N1C(=O)[C@@H]1CCCN1C(=O)[C@H](C)NC(=O)[C@H](C)N. The lowest BCUT2D eigenvalue weighted by atomic mass is 9.71. The molecule has 0 spiro atoms. The van der Waals surface area contributed by atoms with Crippen LogP contribution in [0.25, 0.3) is 0 Å². The number of carboxylic acids is 1. The Kier molecular flexibility index (Phi) is 9.76. The fourth-order valence-corrected chi connectivity index (χ4v) is 5.73. The van der Waals surface area contributed by atoms with Crippen LogP contribution < -0.4 is 16.4 Å². The van der Waals surface area contributed by atoms with Gasteiger partial charge in [0.15, 0.2) is 5.78 Å². The van der Waals surface area contributed by atoms with Crippen LogP contribution in [0.1, 0.15) is 69.3 Å². The highest BCUT2D eigenvalue weighted by Gasteiger charge is 2.67. The van der Waals surface area contributed by atoms with Crippen molar-refractivity contribution in [1.82, 2.24) is 15.1 Å². The average Bonchev–Trinajstić information content (AvgIpc) is 3.42. The van der Waals surface area contributed by atoms with E-state index in [1.54, 1.807) is 0 Å². The Bertz CT molecular complexity index is 1360. The summed E-state index contributed by atoms with van der Waals surface area (Å²) in [5, 5.41) is 14.8. The van der Waals surface area contributed by atoms with E-state index >= 15 is 0 Å². The van der Waals surface area contributed by atoms with Crippen LogP contribution in [0, 0.1) is 6.92 Å². The van der Waals surface area contributed by atoms with Gasteiger partial charge in [0.05, 0.1) is 17.3 Å². The summed E-state index contributed by atoms with van der Waals surface area (Å²) in [5.74, 6) is -6.22. The van der Waals surface area contributed by atoms with Gasteiger partial charge in [-0.3, -0.25) is 33.7 Å². The van der Waals surface area contributed by atoms with Gasteiger partial charge in [0.2, 0.25) is 23.3 Å². The molecule has 5 N–H and O–H groups in total. The number of ether oxygens (including phenoxy) is 1. The molecule has 0 radical (unpaired) electrons. The van der Waals surface area contributed by atoms with E-state index in [4.69, 9.17) is 10.5 Å². The van der Waals surface area contributed by atoms with Crippen LogP contribution in [-0.4, -0.2) is 99.1 Å². The van der Waals surface area contributed by atoms with E-state index in [0.29, 0.717) is 16.9 Å². The second-order valence-corrected chi connectivity index (χ2v) is 11.4. The lowest BCUT2D eigenvalue weighted by Crippen LogP contribution is -2.78. The number of carbonyl (C=O) groups is 7. The standard InChI is InChI=1S/C29H39N5O9/c1-15-9-7-10-18(22(15)26(40)41)32-27(42)29(28(4,5)43-6)20(35)12-13-21(36)34(29)25(39)19-11-8-14-33(19)24(38)17(3)31-23(37)16(2)30/h7,9-10,16-17,19H,8,11-14,30H2,1-6H3,(H,31,37)(H,32,42)(H,40,41)/t16-,17-,19-,29+/m0/s1. The van der Waals surface area contributed by atoms with E-state index < -0.39 is 70.6 Å². The number of Topliss-reactive ketones (excluding diaryl/α,β-unsaturated/α-hetero) is 1. The molecule has 2 saturated heterocycles. The molecular formula is C29H39N5O9. The predicted molar refractivity (Wildman–Crippen MR) is 153 cm³/mol. The third-order valence-corrected chi connectivity index (χ3v) is 8.18. The number of piperidine rings is 1. The van der Waals surface area contributed by atoms with Gasteiger partial charge in [0.25, 0.3) is 11.8 Å². The largest absolute Gasteiger partial charge is 0.478 e. The number of aromatic carboxylic acids is 1. The number of nitrogens with two attached hydrogens (primary N) is 1. The molecule has 14 nitrogen and oxygen atoms in total. The second kappa shape index (κ2) is 12.6. The average molecular weight is 602 g/mol. The van der Waals surface area contributed by atoms with Crippen molar-refractivity contribution < 1.29 is 43.4 Å². The Morgan fingerprint density at radius 3 is 2.37 bits per heavy atom. The zero-order valence-corrected chi connectivity index (χ0v) is 25.2. The Hall–Kier alpha value is -4.17. The number of methoxy groups -OCH3 is 1. The molecule has 2 heterocycles. The summed E-state index contributed by atoms with van der Waals surface area (Å²) in [4.78, 5) is 95.3. The van der Waals surface area contributed by atoms with E-state index in [-0.39, 0.29) is 37.1 Å². The zero-order valence-electron chi connectivity index (χ0n) is 25.2. The molecule has 5 amide bonds. The maximum atomic E-state index is 14.3. The van der Waals surface area contributed by atoms with Crippen molar-refractivity contribution in [2.24, 2.45) is 5.73 Å². The van der Waals surface area contributed by atoms with Crippen molar-refractivity contribution in [3.05, 3.63) is 29.3 Å². The fraction of sp³-hybridized carbons (Fsp3) is 0.552. The molecule has 0 aromatic heterocycles. The van der Waals surface area contributed by atoms with E-state index in [2.05, 4.69) is 10.6 Å². The van der Waals surface area contributed by atoms with Gasteiger partial charge in [-0.1, -0.05) is 12.1 Å². The Morgan fingerprint density at radius 1 is 1.14 bits per heavy atom. The molecule has 0 unspecified atom stereocenters. The minimum absolute atomic E-state index is 0.127. The summed E-state index contributed by atoms with van der Waals surface area (Å²) in [5.41, 5.74) is 1.20. The number of nitrogens with one attached hydrogen (secondary N) is 2. The topological polar surface area (TPSA) is 206 Å². The second-order valence-electron chi connectivity index (χ2n) is 11.4. The monoisotopic (exact) mass is 601 g/mol. The van der Waals surface area contributed by atoms with Gasteiger partial charge in [-0.05, 0) is 59.1 Å². The molecule has 2 aliphatic rings. The summed E-state index contributed by atoms with van der Waals surface area (Å²) in [6.45, 7) is 7.30.